The van der Waals surface area contributed by atoms with Gasteiger partial charge in [0.15, 0.2) is 0 Å². The number of thioether (sulfide) groups is 1. The molecular weight excluding hydrogens is 392 g/mol. The quantitative estimate of drug-likeness (QED) is 0.483. The molecule has 2 aromatic rings. The Morgan fingerprint density at radius 3 is 3.07 bits per heavy atom. The van der Waals surface area contributed by atoms with Crippen molar-refractivity contribution in [2.75, 3.05) is 12.3 Å². The van der Waals surface area contributed by atoms with E-state index in [0.29, 0.717) is 19.4 Å². The van der Waals surface area contributed by atoms with E-state index in [1.807, 2.05) is 42.2 Å². The number of aliphatic hydroxyl groups excluding tert-OH is 2. The largest absolute Gasteiger partial charge is 0.391 e. The molecule has 2 heterocycles. The summed E-state index contributed by atoms with van der Waals surface area (Å²) in [5, 5.41) is 19.4. The predicted octanol–water partition coefficient (Wildman–Crippen LogP) is 3.19. The zero-order valence-electron chi connectivity index (χ0n) is 16.0. The fraction of sp³-hybridized carbons (Fsp3) is 0.429. The molecule has 1 amide bonds. The third kappa shape index (κ3) is 5.91. The first-order valence-electron chi connectivity index (χ1n) is 9.45. The van der Waals surface area contributed by atoms with Crippen LogP contribution in [-0.4, -0.2) is 50.4 Å². The van der Waals surface area contributed by atoms with E-state index in [0.717, 1.165) is 27.0 Å². The van der Waals surface area contributed by atoms with Crippen molar-refractivity contribution >= 4 is 29.0 Å². The fourth-order valence-corrected chi connectivity index (χ4v) is 5.21. The maximum atomic E-state index is 12.2. The van der Waals surface area contributed by atoms with E-state index >= 15 is 0 Å². The van der Waals surface area contributed by atoms with E-state index in [-0.39, 0.29) is 18.6 Å². The summed E-state index contributed by atoms with van der Waals surface area (Å²) in [5.41, 5.74) is 2.30. The van der Waals surface area contributed by atoms with Crippen LogP contribution < -0.4 is 0 Å². The average Bonchev–Trinajstić information content (AvgIpc) is 3.27. The lowest BCUT2D eigenvalue weighted by molar-refractivity contribution is -0.128. The van der Waals surface area contributed by atoms with Gasteiger partial charge in [-0.15, -0.1) is 11.3 Å². The first kappa shape index (κ1) is 21.0. The van der Waals surface area contributed by atoms with Crippen LogP contribution in [0, 0.1) is 6.92 Å². The number of hydrogen-bond acceptors (Lipinski definition) is 6. The van der Waals surface area contributed by atoms with Crippen LogP contribution >= 0.6 is 23.1 Å². The summed E-state index contributed by atoms with van der Waals surface area (Å²) in [7, 11) is 0. The van der Waals surface area contributed by atoms with Gasteiger partial charge in [0, 0.05) is 31.3 Å². The Labute approximate surface area is 174 Å². The molecule has 1 aromatic carbocycles. The van der Waals surface area contributed by atoms with E-state index in [1.165, 1.54) is 16.9 Å². The van der Waals surface area contributed by atoms with Crippen molar-refractivity contribution in [2.24, 2.45) is 0 Å². The molecule has 0 unspecified atom stereocenters. The average molecular weight is 419 g/mol. The number of carbonyl (C=O) groups is 1. The van der Waals surface area contributed by atoms with Gasteiger partial charge < -0.3 is 15.1 Å². The normalized spacial score (nSPS) is 18.3. The number of thiazole rings is 1. The number of amides is 1. The molecule has 1 aromatic heterocycles. The summed E-state index contributed by atoms with van der Waals surface area (Å²) in [6.45, 7) is 2.71. The van der Waals surface area contributed by atoms with Crippen molar-refractivity contribution in [3.8, 4) is 0 Å². The van der Waals surface area contributed by atoms with Crippen LogP contribution in [0.1, 0.15) is 28.8 Å². The highest BCUT2D eigenvalue weighted by atomic mass is 32.2. The molecule has 0 saturated carbocycles. The minimum Gasteiger partial charge on any atom is -0.391 e. The third-order valence-corrected chi connectivity index (χ3v) is 6.82. The van der Waals surface area contributed by atoms with Crippen LogP contribution in [0.5, 0.6) is 0 Å². The van der Waals surface area contributed by atoms with E-state index in [1.54, 1.807) is 18.0 Å². The summed E-state index contributed by atoms with van der Waals surface area (Å²) < 4.78 is 0.913. The maximum absolute atomic E-state index is 12.2. The lowest BCUT2D eigenvalue weighted by atomic mass is 10.0. The molecule has 1 aliphatic heterocycles. The van der Waals surface area contributed by atoms with Gasteiger partial charge in [-0.05, 0) is 18.9 Å². The Kier molecular flexibility index (Phi) is 7.67. The Morgan fingerprint density at radius 2 is 2.32 bits per heavy atom. The second kappa shape index (κ2) is 10.2. The number of aryl methyl sites for hydroxylation is 1. The van der Waals surface area contributed by atoms with Gasteiger partial charge in [0.25, 0.3) is 0 Å². The standard InChI is InChI=1S/C21H26N2O3S2/c1-15-3-2-4-16(11-15)12-18(25)7-5-17-6-8-20(26)23(17)9-10-27-21-22-13-19(14-24)28-21/h2-5,7,11,13,17-18,24-25H,6,8-10,12,14H2,1H3/t17-,18+/m0/s1. The smallest absolute Gasteiger partial charge is 0.223 e. The van der Waals surface area contributed by atoms with E-state index in [4.69, 9.17) is 5.11 Å². The lowest BCUT2D eigenvalue weighted by Crippen LogP contribution is -2.33. The molecule has 3 rings (SSSR count). The first-order chi connectivity index (χ1) is 13.5. The van der Waals surface area contributed by atoms with Gasteiger partial charge in [0.05, 0.1) is 23.6 Å². The minimum absolute atomic E-state index is 0.0145. The van der Waals surface area contributed by atoms with Crippen molar-refractivity contribution in [3.63, 3.8) is 0 Å². The first-order valence-corrected chi connectivity index (χ1v) is 11.2. The Hall–Kier alpha value is -1.67. The van der Waals surface area contributed by atoms with Gasteiger partial charge in [-0.25, -0.2) is 4.98 Å². The summed E-state index contributed by atoms with van der Waals surface area (Å²) in [4.78, 5) is 19.2. The highest BCUT2D eigenvalue weighted by Crippen LogP contribution is 2.26. The van der Waals surface area contributed by atoms with Crippen LogP contribution in [-0.2, 0) is 17.8 Å². The Bertz CT molecular complexity index is 821. The van der Waals surface area contributed by atoms with E-state index < -0.39 is 6.10 Å². The molecule has 150 valence electrons. The van der Waals surface area contributed by atoms with Gasteiger partial charge in [-0.3, -0.25) is 4.79 Å². The molecular formula is C21H26N2O3S2. The zero-order valence-corrected chi connectivity index (χ0v) is 17.6. The van der Waals surface area contributed by atoms with Gasteiger partial charge >= 0.3 is 0 Å². The van der Waals surface area contributed by atoms with E-state index in [9.17, 15) is 9.90 Å². The number of nitrogens with zero attached hydrogens (tertiary/aromatic N) is 2. The number of benzene rings is 1. The van der Waals surface area contributed by atoms with Crippen LogP contribution in [0.3, 0.4) is 0 Å². The van der Waals surface area contributed by atoms with Crippen LogP contribution in [0.15, 0.2) is 47.0 Å². The van der Waals surface area contributed by atoms with Gasteiger partial charge in [-0.1, -0.05) is 53.7 Å². The number of hydrogen-bond donors (Lipinski definition) is 2. The molecule has 1 aliphatic rings. The zero-order chi connectivity index (χ0) is 19.9. The van der Waals surface area contributed by atoms with Gasteiger partial charge in [-0.2, -0.15) is 0 Å². The predicted molar refractivity (Wildman–Crippen MR) is 114 cm³/mol. The number of rotatable bonds is 9. The molecule has 1 saturated heterocycles. The van der Waals surface area contributed by atoms with Crippen molar-refractivity contribution in [2.45, 2.75) is 49.3 Å². The van der Waals surface area contributed by atoms with Crippen molar-refractivity contribution in [3.05, 3.63) is 58.6 Å². The number of likely N-dealkylation sites (tertiary alicyclic amines) is 1. The van der Waals surface area contributed by atoms with Crippen LogP contribution in [0.25, 0.3) is 0 Å². The third-order valence-electron chi connectivity index (χ3n) is 4.70. The van der Waals surface area contributed by atoms with Crippen LogP contribution in [0.4, 0.5) is 0 Å². The SMILES string of the molecule is Cc1cccc(C[C@H](O)C=C[C@H]2CCC(=O)N2CCSc2ncc(CO)s2)c1. The number of aliphatic hydroxyl groups is 2. The lowest BCUT2D eigenvalue weighted by Gasteiger charge is -2.22. The molecule has 0 bridgehead atoms. The van der Waals surface area contributed by atoms with Gasteiger partial charge in [0.1, 0.15) is 4.34 Å². The van der Waals surface area contributed by atoms with Gasteiger partial charge in [0.2, 0.25) is 5.91 Å². The molecule has 0 aliphatic carbocycles. The van der Waals surface area contributed by atoms with Crippen molar-refractivity contribution < 1.29 is 15.0 Å². The highest BCUT2D eigenvalue weighted by molar-refractivity contribution is 8.01. The fourth-order valence-electron chi connectivity index (χ4n) is 3.31. The molecule has 7 heteroatoms. The Balaban J connectivity index is 1.50. The summed E-state index contributed by atoms with van der Waals surface area (Å²) in [6.07, 6.45) is 6.86. The number of aromatic nitrogens is 1. The molecule has 2 atom stereocenters. The molecule has 0 spiro atoms. The van der Waals surface area contributed by atoms with Crippen molar-refractivity contribution in [1.82, 2.24) is 9.88 Å². The maximum Gasteiger partial charge on any atom is 0.223 e. The summed E-state index contributed by atoms with van der Waals surface area (Å²) in [6, 6.07) is 8.20. The minimum atomic E-state index is -0.555. The monoisotopic (exact) mass is 418 g/mol. The van der Waals surface area contributed by atoms with E-state index in [2.05, 4.69) is 11.1 Å². The highest BCUT2D eigenvalue weighted by Gasteiger charge is 2.28. The van der Waals surface area contributed by atoms with Crippen LogP contribution in [0.2, 0.25) is 0 Å². The van der Waals surface area contributed by atoms with Crippen molar-refractivity contribution in [1.29, 1.82) is 0 Å². The second-order valence-corrected chi connectivity index (χ2v) is 9.39. The topological polar surface area (TPSA) is 73.7 Å². The molecule has 2 N–H and O–H groups in total. The summed E-state index contributed by atoms with van der Waals surface area (Å²) >= 11 is 3.09. The molecule has 0 radical (unpaired) electrons. The number of carbonyl (C=O) groups excluding carboxylic acids is 1. The molecule has 5 nitrogen and oxygen atoms in total. The molecule has 28 heavy (non-hydrogen) atoms. The second-order valence-electron chi connectivity index (χ2n) is 6.94. The molecule has 1 fully saturated rings. The Morgan fingerprint density at radius 1 is 1.46 bits per heavy atom. The summed E-state index contributed by atoms with van der Waals surface area (Å²) in [5.74, 6) is 0.930.